The van der Waals surface area contributed by atoms with Crippen LogP contribution in [0.3, 0.4) is 0 Å². The van der Waals surface area contributed by atoms with Crippen molar-refractivity contribution in [1.82, 2.24) is 15.0 Å². The molecule has 0 aliphatic heterocycles. The third-order valence-corrected chi connectivity index (χ3v) is 5.45. The average molecular weight is 423 g/mol. The van der Waals surface area contributed by atoms with Crippen LogP contribution in [0.4, 0.5) is 13.2 Å². The maximum absolute atomic E-state index is 14.5. The summed E-state index contributed by atoms with van der Waals surface area (Å²) in [4.78, 5) is 12.5. The molecule has 0 aromatic carbocycles. The first-order valence-corrected chi connectivity index (χ1v) is 9.85. The van der Waals surface area contributed by atoms with Crippen molar-refractivity contribution in [1.29, 1.82) is 0 Å². The van der Waals surface area contributed by atoms with E-state index in [9.17, 15) is 13.2 Å². The first-order valence-electron chi connectivity index (χ1n) is 9.85. The molecule has 1 atom stereocenters. The van der Waals surface area contributed by atoms with Crippen LogP contribution in [0.5, 0.6) is 0 Å². The molecule has 0 aliphatic carbocycles. The van der Waals surface area contributed by atoms with Crippen molar-refractivity contribution in [3.05, 3.63) is 96.0 Å². The van der Waals surface area contributed by atoms with Crippen molar-refractivity contribution >= 4 is 5.57 Å². The van der Waals surface area contributed by atoms with E-state index in [0.717, 1.165) is 6.07 Å². The Kier molecular flexibility index (Phi) is 6.11. The lowest BCUT2D eigenvalue weighted by molar-refractivity contribution is 0.513. The normalized spacial score (nSPS) is 12.5. The fourth-order valence-corrected chi connectivity index (χ4v) is 3.31. The van der Waals surface area contributed by atoms with Crippen molar-refractivity contribution < 1.29 is 13.2 Å². The number of nitrogens with zero attached hydrogens (tertiary/aromatic N) is 3. The van der Waals surface area contributed by atoms with Gasteiger partial charge in [0.05, 0.1) is 28.3 Å². The van der Waals surface area contributed by atoms with Gasteiger partial charge in [-0.05, 0) is 62.2 Å². The summed E-state index contributed by atoms with van der Waals surface area (Å²) < 4.78 is 42.3. The lowest BCUT2D eigenvalue weighted by atomic mass is 9.84. The first-order chi connectivity index (χ1) is 14.5. The van der Waals surface area contributed by atoms with E-state index in [2.05, 4.69) is 28.1 Å². The van der Waals surface area contributed by atoms with E-state index in [1.807, 2.05) is 20.8 Å². The van der Waals surface area contributed by atoms with Crippen LogP contribution >= 0.6 is 0 Å². The summed E-state index contributed by atoms with van der Waals surface area (Å²) in [5, 5.41) is 0. The van der Waals surface area contributed by atoms with Crippen LogP contribution in [0.25, 0.3) is 16.8 Å². The molecule has 3 aromatic heterocycles. The first kappa shape index (κ1) is 22.4. The van der Waals surface area contributed by atoms with E-state index in [-0.39, 0.29) is 11.5 Å². The van der Waals surface area contributed by atoms with Gasteiger partial charge < -0.3 is 0 Å². The largest absolute Gasteiger partial charge is 0.252 e. The molecule has 31 heavy (non-hydrogen) atoms. The molecule has 0 saturated carbocycles. The molecular formula is C25H24F3N3. The number of aromatic nitrogens is 3. The van der Waals surface area contributed by atoms with E-state index in [4.69, 9.17) is 0 Å². The van der Waals surface area contributed by atoms with E-state index in [1.54, 1.807) is 31.2 Å². The zero-order valence-electron chi connectivity index (χ0n) is 18.0. The summed E-state index contributed by atoms with van der Waals surface area (Å²) in [5.74, 6) is -2.32. The molecule has 0 amide bonds. The summed E-state index contributed by atoms with van der Waals surface area (Å²) >= 11 is 0. The van der Waals surface area contributed by atoms with Crippen LogP contribution in [-0.4, -0.2) is 15.0 Å². The van der Waals surface area contributed by atoms with E-state index in [0.29, 0.717) is 33.9 Å². The summed E-state index contributed by atoms with van der Waals surface area (Å²) in [6, 6.07) is 8.97. The summed E-state index contributed by atoms with van der Waals surface area (Å²) in [5.41, 5.74) is 2.13. The molecule has 3 aromatic rings. The molecule has 0 spiro atoms. The highest BCUT2D eigenvalue weighted by Crippen LogP contribution is 2.33. The van der Waals surface area contributed by atoms with E-state index in [1.165, 1.54) is 12.1 Å². The van der Waals surface area contributed by atoms with Gasteiger partial charge in [0.25, 0.3) is 0 Å². The minimum atomic E-state index is -0.930. The van der Waals surface area contributed by atoms with Gasteiger partial charge in [-0.2, -0.15) is 13.8 Å². The van der Waals surface area contributed by atoms with Crippen molar-refractivity contribution in [3.8, 4) is 11.3 Å². The number of aryl methyl sites for hydroxylation is 1. The predicted octanol–water partition coefficient (Wildman–Crippen LogP) is 6.43. The summed E-state index contributed by atoms with van der Waals surface area (Å²) in [6.07, 6.45) is 1.72. The van der Waals surface area contributed by atoms with Gasteiger partial charge in [0.2, 0.25) is 11.9 Å². The molecule has 0 radical (unpaired) electrons. The topological polar surface area (TPSA) is 38.7 Å². The fraction of sp³-hybridized carbons (Fsp3) is 0.240. The Hall–Kier alpha value is -3.28. The van der Waals surface area contributed by atoms with Crippen LogP contribution in [0.15, 0.2) is 55.6 Å². The number of hydrogen-bond donors (Lipinski definition) is 0. The fourth-order valence-electron chi connectivity index (χ4n) is 3.31. The summed E-state index contributed by atoms with van der Waals surface area (Å²) in [6.45, 7) is 15.0. The highest BCUT2D eigenvalue weighted by molar-refractivity contribution is 5.65. The Bertz CT molecular complexity index is 1150. The molecule has 6 heteroatoms. The third-order valence-electron chi connectivity index (χ3n) is 5.45. The van der Waals surface area contributed by atoms with Gasteiger partial charge >= 0.3 is 0 Å². The highest BCUT2D eigenvalue weighted by Gasteiger charge is 2.29. The Morgan fingerprint density at radius 3 is 2.39 bits per heavy atom. The van der Waals surface area contributed by atoms with Gasteiger partial charge in [-0.1, -0.05) is 25.6 Å². The maximum Gasteiger partial charge on any atom is 0.225 e. The second-order valence-electron chi connectivity index (χ2n) is 8.07. The Morgan fingerprint density at radius 2 is 1.74 bits per heavy atom. The molecule has 0 N–H and O–H groups in total. The molecule has 3 rings (SSSR count). The van der Waals surface area contributed by atoms with Gasteiger partial charge in [-0.25, -0.2) is 4.39 Å². The van der Waals surface area contributed by atoms with Crippen molar-refractivity contribution in [2.45, 2.75) is 33.1 Å². The molecule has 1 unspecified atom stereocenters. The minimum absolute atomic E-state index is 0.0661. The van der Waals surface area contributed by atoms with Gasteiger partial charge in [-0.15, -0.1) is 6.58 Å². The number of halogens is 3. The van der Waals surface area contributed by atoms with E-state index < -0.39 is 23.1 Å². The third kappa shape index (κ3) is 4.43. The average Bonchev–Trinajstić information content (AvgIpc) is 2.71. The molecule has 3 nitrogen and oxygen atoms in total. The molecule has 0 saturated heterocycles. The molecule has 0 bridgehead atoms. The zero-order valence-corrected chi connectivity index (χ0v) is 18.0. The Morgan fingerprint density at radius 1 is 1.03 bits per heavy atom. The predicted molar refractivity (Wildman–Crippen MR) is 117 cm³/mol. The Labute approximate surface area is 180 Å². The number of hydrogen-bond acceptors (Lipinski definition) is 3. The zero-order chi connectivity index (χ0) is 22.9. The van der Waals surface area contributed by atoms with E-state index >= 15 is 0 Å². The molecule has 0 aliphatic rings. The molecular weight excluding hydrogens is 399 g/mol. The smallest absolute Gasteiger partial charge is 0.225 e. The monoisotopic (exact) mass is 423 g/mol. The second kappa shape index (κ2) is 8.46. The maximum atomic E-state index is 14.5. The second-order valence-corrected chi connectivity index (χ2v) is 8.07. The van der Waals surface area contributed by atoms with Gasteiger partial charge in [-0.3, -0.25) is 9.97 Å². The Balaban J connectivity index is 2.10. The van der Waals surface area contributed by atoms with Crippen LogP contribution < -0.4 is 0 Å². The van der Waals surface area contributed by atoms with Gasteiger partial charge in [0.15, 0.2) is 0 Å². The van der Waals surface area contributed by atoms with Crippen molar-refractivity contribution in [3.63, 3.8) is 0 Å². The quantitative estimate of drug-likeness (QED) is 0.339. The minimum Gasteiger partial charge on any atom is -0.252 e. The standard InChI is InChI=1S/C25H24F3N3/c1-7-14(2)16(4)19-12-17(26)13-21(30-19)25(5,6)20-10-8-9-18(29-20)23-15(3)11-22(27)31-24(23)28/h7-14H,1,4H2,2-3,5-6H3. The van der Waals surface area contributed by atoms with Crippen molar-refractivity contribution in [2.75, 3.05) is 0 Å². The van der Waals surface area contributed by atoms with Crippen LogP contribution in [0.2, 0.25) is 0 Å². The lowest BCUT2D eigenvalue weighted by Crippen LogP contribution is -2.23. The van der Waals surface area contributed by atoms with Gasteiger partial charge in [0.1, 0.15) is 5.82 Å². The molecule has 0 fully saturated rings. The summed E-state index contributed by atoms with van der Waals surface area (Å²) in [7, 11) is 0. The van der Waals surface area contributed by atoms with Gasteiger partial charge in [0, 0.05) is 11.3 Å². The molecule has 160 valence electrons. The highest BCUT2D eigenvalue weighted by atomic mass is 19.1. The van der Waals surface area contributed by atoms with Crippen LogP contribution in [0, 0.1) is 30.6 Å². The van der Waals surface area contributed by atoms with Crippen molar-refractivity contribution in [2.24, 2.45) is 5.92 Å². The van der Waals surface area contributed by atoms with Crippen LogP contribution in [0.1, 0.15) is 43.4 Å². The SMILES string of the molecule is C=CC(C)C(=C)c1cc(F)cc(C(C)(C)c2cccc(-c3c(C)cc(F)nc3F)n2)n1. The number of pyridine rings is 3. The molecule has 3 heterocycles. The number of rotatable bonds is 6. The number of allylic oxidation sites excluding steroid dienone is 2. The lowest BCUT2D eigenvalue weighted by Gasteiger charge is -2.25. The van der Waals surface area contributed by atoms with Crippen LogP contribution in [-0.2, 0) is 5.41 Å².